The van der Waals surface area contributed by atoms with Crippen LogP contribution in [0.4, 0.5) is 14.5 Å². The summed E-state index contributed by atoms with van der Waals surface area (Å²) in [6.45, 7) is 0.449. The zero-order valence-electron chi connectivity index (χ0n) is 10.3. The van der Waals surface area contributed by atoms with Gasteiger partial charge >= 0.3 is 0 Å². The van der Waals surface area contributed by atoms with Crippen LogP contribution in [0.25, 0.3) is 0 Å². The fraction of sp³-hybridized carbons (Fsp3) is 0.214. The highest BCUT2D eigenvalue weighted by molar-refractivity contribution is 7.18. The molecule has 1 aromatic carbocycles. The van der Waals surface area contributed by atoms with Gasteiger partial charge in [0, 0.05) is 18.2 Å². The van der Waals surface area contributed by atoms with E-state index in [0.29, 0.717) is 39.9 Å². The molecule has 0 spiro atoms. The van der Waals surface area contributed by atoms with Gasteiger partial charge in [-0.15, -0.1) is 11.3 Å². The molecule has 6 heteroatoms. The summed E-state index contributed by atoms with van der Waals surface area (Å²) >= 11 is 6.98. The average Bonchev–Trinajstić information content (AvgIpc) is 2.84. The van der Waals surface area contributed by atoms with E-state index in [4.69, 9.17) is 11.6 Å². The third-order valence-electron chi connectivity index (χ3n) is 3.27. The number of amides is 1. The first-order valence-corrected chi connectivity index (χ1v) is 7.31. The molecule has 3 rings (SSSR count). The summed E-state index contributed by atoms with van der Waals surface area (Å²) in [6, 6.07) is 5.33. The van der Waals surface area contributed by atoms with E-state index in [1.54, 1.807) is 12.1 Å². The zero-order chi connectivity index (χ0) is 14.3. The lowest BCUT2D eigenvalue weighted by molar-refractivity contribution is 0.0989. The molecule has 104 valence electrons. The third kappa shape index (κ3) is 2.31. The number of carbonyl (C=O) groups is 1. The summed E-state index contributed by atoms with van der Waals surface area (Å²) in [5.41, 5.74) is 0.719. The van der Waals surface area contributed by atoms with Crippen molar-refractivity contribution in [3.8, 4) is 0 Å². The van der Waals surface area contributed by atoms with Crippen molar-refractivity contribution < 1.29 is 13.6 Å². The number of nitrogens with zero attached hydrogens (tertiary/aromatic N) is 1. The zero-order valence-corrected chi connectivity index (χ0v) is 11.9. The number of hydrogen-bond donors (Lipinski definition) is 0. The topological polar surface area (TPSA) is 20.3 Å². The maximum absolute atomic E-state index is 13.8. The summed E-state index contributed by atoms with van der Waals surface area (Å²) in [4.78, 5) is 14.3. The summed E-state index contributed by atoms with van der Waals surface area (Å²) in [7, 11) is 0. The number of hydrogen-bond acceptors (Lipinski definition) is 2. The fourth-order valence-electron chi connectivity index (χ4n) is 2.39. The predicted octanol–water partition coefficient (Wildman–Crippen LogP) is 4.27. The van der Waals surface area contributed by atoms with E-state index < -0.39 is 11.6 Å². The van der Waals surface area contributed by atoms with Crippen LogP contribution in [-0.2, 0) is 6.42 Å². The molecule has 2 heterocycles. The third-order valence-corrected chi connectivity index (χ3v) is 4.48. The second-order valence-corrected chi connectivity index (χ2v) is 6.26. The predicted molar refractivity (Wildman–Crippen MR) is 75.7 cm³/mol. The second-order valence-electron chi connectivity index (χ2n) is 4.55. The first kappa shape index (κ1) is 13.5. The van der Waals surface area contributed by atoms with Gasteiger partial charge in [0.1, 0.15) is 11.6 Å². The van der Waals surface area contributed by atoms with E-state index in [9.17, 15) is 13.6 Å². The number of anilines is 1. The van der Waals surface area contributed by atoms with Gasteiger partial charge < -0.3 is 4.90 Å². The summed E-state index contributed by atoms with van der Waals surface area (Å²) in [5.74, 6) is -1.54. The van der Waals surface area contributed by atoms with Crippen LogP contribution < -0.4 is 4.90 Å². The summed E-state index contributed by atoms with van der Waals surface area (Å²) < 4.78 is 27.7. The molecule has 0 fully saturated rings. The van der Waals surface area contributed by atoms with Crippen molar-refractivity contribution in [1.29, 1.82) is 0 Å². The molecule has 20 heavy (non-hydrogen) atoms. The van der Waals surface area contributed by atoms with E-state index >= 15 is 0 Å². The molecule has 0 N–H and O–H groups in total. The Morgan fingerprint density at radius 2 is 2.10 bits per heavy atom. The Labute approximate surface area is 123 Å². The number of halogens is 3. The lowest BCUT2D eigenvalue weighted by Gasteiger charge is -2.29. The van der Waals surface area contributed by atoms with Crippen LogP contribution in [0.3, 0.4) is 0 Å². The normalized spacial score (nSPS) is 14.2. The first-order chi connectivity index (χ1) is 9.56. The molecular formula is C14H10ClF2NOS. The molecule has 2 nitrogen and oxygen atoms in total. The van der Waals surface area contributed by atoms with Crippen LogP contribution in [0.1, 0.15) is 21.7 Å². The van der Waals surface area contributed by atoms with E-state index in [2.05, 4.69) is 0 Å². The Bertz CT molecular complexity index is 686. The van der Waals surface area contributed by atoms with Gasteiger partial charge in [-0.05, 0) is 31.0 Å². The number of thiophene rings is 1. The molecule has 0 aliphatic carbocycles. The first-order valence-electron chi connectivity index (χ1n) is 6.11. The Hall–Kier alpha value is -1.46. The van der Waals surface area contributed by atoms with Gasteiger partial charge in [-0.3, -0.25) is 4.79 Å². The number of carbonyl (C=O) groups excluding carboxylic acids is 1. The van der Waals surface area contributed by atoms with E-state index in [-0.39, 0.29) is 5.91 Å². The highest BCUT2D eigenvalue weighted by Gasteiger charge is 2.27. The minimum atomic E-state index is -0.676. The van der Waals surface area contributed by atoms with E-state index in [0.717, 1.165) is 17.4 Å². The highest BCUT2D eigenvalue weighted by Crippen LogP contribution is 2.33. The molecule has 0 unspecified atom stereocenters. The van der Waals surface area contributed by atoms with Crippen LogP contribution in [0.5, 0.6) is 0 Å². The van der Waals surface area contributed by atoms with Crippen LogP contribution in [-0.4, -0.2) is 12.5 Å². The van der Waals surface area contributed by atoms with Gasteiger partial charge in [-0.25, -0.2) is 8.78 Å². The lowest BCUT2D eigenvalue weighted by atomic mass is 10.0. The van der Waals surface area contributed by atoms with Gasteiger partial charge in [0.15, 0.2) is 0 Å². The SMILES string of the molecule is O=C(c1ccc(Cl)s1)N1CCCc2c(F)cc(F)cc21. The molecule has 0 radical (unpaired) electrons. The maximum atomic E-state index is 13.8. The van der Waals surface area contributed by atoms with Crippen LogP contribution in [0, 0.1) is 11.6 Å². The monoisotopic (exact) mass is 313 g/mol. The number of benzene rings is 1. The van der Waals surface area contributed by atoms with Crippen LogP contribution >= 0.6 is 22.9 Å². The summed E-state index contributed by atoms with van der Waals surface area (Å²) in [5, 5.41) is 0. The smallest absolute Gasteiger partial charge is 0.268 e. The van der Waals surface area contributed by atoms with Gasteiger partial charge in [-0.2, -0.15) is 0 Å². The standard InChI is InChI=1S/C14H10ClF2NOS/c15-13-4-3-12(20-13)14(19)18-5-1-2-9-10(17)6-8(16)7-11(9)18/h3-4,6-7H,1-2,5H2. The minimum absolute atomic E-state index is 0.271. The van der Waals surface area contributed by atoms with Gasteiger partial charge in [0.25, 0.3) is 5.91 Å². The molecule has 0 atom stereocenters. The van der Waals surface area contributed by atoms with Crippen molar-refractivity contribution in [1.82, 2.24) is 0 Å². The molecule has 1 aliphatic rings. The van der Waals surface area contributed by atoms with Crippen molar-refractivity contribution in [2.45, 2.75) is 12.8 Å². The Morgan fingerprint density at radius 1 is 1.30 bits per heavy atom. The molecule has 1 amide bonds. The van der Waals surface area contributed by atoms with Crippen molar-refractivity contribution in [2.24, 2.45) is 0 Å². The van der Waals surface area contributed by atoms with Crippen molar-refractivity contribution in [3.05, 3.63) is 50.7 Å². The second kappa shape index (κ2) is 5.14. The number of fused-ring (bicyclic) bond motifs is 1. The highest BCUT2D eigenvalue weighted by atomic mass is 35.5. The Kier molecular flexibility index (Phi) is 3.48. The van der Waals surface area contributed by atoms with Crippen LogP contribution in [0.15, 0.2) is 24.3 Å². The lowest BCUT2D eigenvalue weighted by Crippen LogP contribution is -2.35. The van der Waals surface area contributed by atoms with Crippen molar-refractivity contribution >= 4 is 34.5 Å². The molecule has 1 aliphatic heterocycles. The van der Waals surface area contributed by atoms with E-state index in [1.807, 2.05) is 0 Å². The van der Waals surface area contributed by atoms with Gasteiger partial charge in [0.05, 0.1) is 14.9 Å². The maximum Gasteiger partial charge on any atom is 0.268 e. The molecule has 1 aromatic heterocycles. The summed E-state index contributed by atoms with van der Waals surface area (Å²) in [6.07, 6.45) is 1.16. The molecule has 2 aromatic rings. The Morgan fingerprint density at radius 3 is 2.80 bits per heavy atom. The molecule has 0 saturated heterocycles. The minimum Gasteiger partial charge on any atom is -0.307 e. The number of rotatable bonds is 1. The van der Waals surface area contributed by atoms with E-state index in [1.165, 1.54) is 11.0 Å². The van der Waals surface area contributed by atoms with Crippen molar-refractivity contribution in [2.75, 3.05) is 11.4 Å². The molecule has 0 bridgehead atoms. The molecular weight excluding hydrogens is 304 g/mol. The molecule has 0 saturated carbocycles. The van der Waals surface area contributed by atoms with Crippen LogP contribution in [0.2, 0.25) is 4.34 Å². The quantitative estimate of drug-likeness (QED) is 0.770. The Balaban J connectivity index is 2.03. The largest absolute Gasteiger partial charge is 0.307 e. The fourth-order valence-corrected chi connectivity index (χ4v) is 3.38. The van der Waals surface area contributed by atoms with Crippen molar-refractivity contribution in [3.63, 3.8) is 0 Å². The van der Waals surface area contributed by atoms with Gasteiger partial charge in [0.2, 0.25) is 0 Å². The van der Waals surface area contributed by atoms with Gasteiger partial charge in [-0.1, -0.05) is 11.6 Å². The average molecular weight is 314 g/mol.